The van der Waals surface area contributed by atoms with Crippen LogP contribution in [0.3, 0.4) is 0 Å². The minimum absolute atomic E-state index is 0.0562. The summed E-state index contributed by atoms with van der Waals surface area (Å²) < 4.78 is 2.51. The van der Waals surface area contributed by atoms with E-state index < -0.39 is 0 Å². The number of pyridine rings is 1. The Labute approximate surface area is 157 Å². The fraction of sp³-hybridized carbons (Fsp3) is 0.320. The molecule has 0 fully saturated rings. The van der Waals surface area contributed by atoms with E-state index in [1.807, 2.05) is 0 Å². The van der Waals surface area contributed by atoms with Crippen LogP contribution in [0.4, 0.5) is 0 Å². The number of nitrogens with zero attached hydrogens (tertiary/aromatic N) is 1. The molecule has 0 spiro atoms. The second-order valence-corrected chi connectivity index (χ2v) is 7.90. The Morgan fingerprint density at radius 1 is 0.769 bits per heavy atom. The topological polar surface area (TPSA) is 3.88 Å². The molecule has 2 unspecified atom stereocenters. The molecule has 1 aliphatic rings. The molecule has 0 N–H and O–H groups in total. The number of rotatable bonds is 3. The number of aromatic nitrogens is 1. The SMILES string of the molecule is CCC1(C)c2cc(-c3ccccc3)ccc2-c2cccc[n+]2C1(C)CC. The third-order valence-electron chi connectivity index (χ3n) is 6.97. The largest absolute Gasteiger partial charge is 0.213 e. The molecule has 2 heterocycles. The summed E-state index contributed by atoms with van der Waals surface area (Å²) >= 11 is 0. The van der Waals surface area contributed by atoms with Gasteiger partial charge >= 0.3 is 0 Å². The van der Waals surface area contributed by atoms with Gasteiger partial charge in [-0.05, 0) is 48.2 Å². The Kier molecular flexibility index (Phi) is 3.99. The predicted octanol–water partition coefficient (Wildman–Crippen LogP) is 6.11. The summed E-state index contributed by atoms with van der Waals surface area (Å²) in [5, 5.41) is 0. The number of benzene rings is 2. The summed E-state index contributed by atoms with van der Waals surface area (Å²) in [5.41, 5.74) is 6.93. The third kappa shape index (κ3) is 2.19. The average molecular weight is 343 g/mol. The van der Waals surface area contributed by atoms with Crippen LogP contribution < -0.4 is 4.57 Å². The first kappa shape index (κ1) is 17.0. The lowest BCUT2D eigenvalue weighted by atomic mass is 9.60. The van der Waals surface area contributed by atoms with Crippen molar-refractivity contribution in [3.05, 3.63) is 78.5 Å². The molecule has 0 radical (unpaired) electrons. The van der Waals surface area contributed by atoms with Crippen molar-refractivity contribution >= 4 is 0 Å². The molecule has 1 nitrogen and oxygen atoms in total. The van der Waals surface area contributed by atoms with E-state index in [2.05, 4.69) is 105 Å². The molecule has 0 saturated carbocycles. The van der Waals surface area contributed by atoms with E-state index in [4.69, 9.17) is 0 Å². The lowest BCUT2D eigenvalue weighted by molar-refractivity contribution is -0.765. The van der Waals surface area contributed by atoms with E-state index in [9.17, 15) is 0 Å². The van der Waals surface area contributed by atoms with Crippen molar-refractivity contribution in [2.24, 2.45) is 0 Å². The molecule has 132 valence electrons. The predicted molar refractivity (Wildman–Crippen MR) is 109 cm³/mol. The smallest absolute Gasteiger partial charge is 0.192 e. The Hall–Kier alpha value is -2.41. The summed E-state index contributed by atoms with van der Waals surface area (Å²) in [5.74, 6) is 0. The fourth-order valence-corrected chi connectivity index (χ4v) is 4.82. The molecule has 1 heteroatoms. The lowest BCUT2D eigenvalue weighted by Gasteiger charge is -2.46. The van der Waals surface area contributed by atoms with E-state index in [0.717, 1.165) is 12.8 Å². The molecule has 26 heavy (non-hydrogen) atoms. The zero-order valence-corrected chi connectivity index (χ0v) is 16.3. The van der Waals surface area contributed by atoms with Gasteiger partial charge in [0, 0.05) is 25.5 Å². The molecule has 4 rings (SSSR count). The van der Waals surface area contributed by atoms with Crippen molar-refractivity contribution in [1.82, 2.24) is 0 Å². The normalized spacial score (nSPS) is 24.0. The van der Waals surface area contributed by atoms with Gasteiger partial charge in [-0.1, -0.05) is 50.2 Å². The van der Waals surface area contributed by atoms with Crippen LogP contribution in [-0.4, -0.2) is 0 Å². The van der Waals surface area contributed by atoms with Crippen LogP contribution in [0.1, 0.15) is 46.1 Å². The van der Waals surface area contributed by atoms with Crippen LogP contribution in [0.25, 0.3) is 22.4 Å². The molecule has 0 bridgehead atoms. The Bertz CT molecular complexity index is 943. The van der Waals surface area contributed by atoms with Gasteiger partial charge in [0.25, 0.3) is 0 Å². The van der Waals surface area contributed by atoms with Crippen LogP contribution in [0.15, 0.2) is 72.9 Å². The molecule has 1 aromatic heterocycles. The van der Waals surface area contributed by atoms with Crippen molar-refractivity contribution in [3.8, 4) is 22.4 Å². The quantitative estimate of drug-likeness (QED) is 0.505. The van der Waals surface area contributed by atoms with Gasteiger partial charge in [-0.15, -0.1) is 0 Å². The highest BCUT2D eigenvalue weighted by molar-refractivity contribution is 5.73. The number of hydrogen-bond acceptors (Lipinski definition) is 0. The molecule has 0 saturated heterocycles. The van der Waals surface area contributed by atoms with E-state index in [-0.39, 0.29) is 11.0 Å². The lowest BCUT2D eigenvalue weighted by Crippen LogP contribution is -2.67. The first-order valence-electron chi connectivity index (χ1n) is 9.76. The highest BCUT2D eigenvalue weighted by Gasteiger charge is 2.56. The second-order valence-electron chi connectivity index (χ2n) is 7.90. The molecule has 2 atom stereocenters. The maximum Gasteiger partial charge on any atom is 0.213 e. The monoisotopic (exact) mass is 342 g/mol. The maximum atomic E-state index is 2.51. The molecular formula is C25H28N+. The summed E-state index contributed by atoms with van der Waals surface area (Å²) in [6.45, 7) is 9.54. The zero-order chi connectivity index (χ0) is 18.4. The maximum absolute atomic E-state index is 2.51. The van der Waals surface area contributed by atoms with Gasteiger partial charge in [-0.2, -0.15) is 4.57 Å². The minimum atomic E-state index is 0.0562. The molecule has 3 aromatic rings. The standard InChI is InChI=1S/C25H28N/c1-5-24(3)22-18-20(19-12-8-7-9-13-19)15-16-21(22)23-14-10-11-17-26(23)25(24,4)6-2/h7-18H,5-6H2,1-4H3/q+1. The van der Waals surface area contributed by atoms with Crippen molar-refractivity contribution in [2.45, 2.75) is 51.5 Å². The van der Waals surface area contributed by atoms with Crippen LogP contribution in [0.2, 0.25) is 0 Å². The van der Waals surface area contributed by atoms with Crippen LogP contribution in [-0.2, 0) is 11.0 Å². The third-order valence-corrected chi connectivity index (χ3v) is 6.97. The zero-order valence-electron chi connectivity index (χ0n) is 16.3. The summed E-state index contributed by atoms with van der Waals surface area (Å²) in [6, 6.07) is 24.4. The molecular weight excluding hydrogens is 314 g/mol. The highest BCUT2D eigenvalue weighted by Crippen LogP contribution is 2.50. The minimum Gasteiger partial charge on any atom is -0.192 e. The van der Waals surface area contributed by atoms with Gasteiger partial charge in [-0.3, -0.25) is 0 Å². The molecule has 0 aliphatic carbocycles. The van der Waals surface area contributed by atoms with Gasteiger partial charge < -0.3 is 0 Å². The Morgan fingerprint density at radius 2 is 1.50 bits per heavy atom. The average Bonchev–Trinajstić information content (AvgIpc) is 2.72. The van der Waals surface area contributed by atoms with Crippen LogP contribution >= 0.6 is 0 Å². The van der Waals surface area contributed by atoms with Gasteiger partial charge in [0.15, 0.2) is 11.7 Å². The van der Waals surface area contributed by atoms with E-state index in [1.165, 1.54) is 27.9 Å². The van der Waals surface area contributed by atoms with Crippen LogP contribution in [0, 0.1) is 0 Å². The highest BCUT2D eigenvalue weighted by atomic mass is 15.1. The summed E-state index contributed by atoms with van der Waals surface area (Å²) in [7, 11) is 0. The van der Waals surface area contributed by atoms with Gasteiger partial charge in [0.1, 0.15) is 0 Å². The first-order chi connectivity index (χ1) is 12.5. The second kappa shape index (κ2) is 6.09. The Morgan fingerprint density at radius 3 is 2.19 bits per heavy atom. The van der Waals surface area contributed by atoms with Gasteiger partial charge in [0.2, 0.25) is 5.69 Å². The van der Waals surface area contributed by atoms with E-state index >= 15 is 0 Å². The van der Waals surface area contributed by atoms with Gasteiger partial charge in [-0.25, -0.2) is 0 Å². The van der Waals surface area contributed by atoms with Gasteiger partial charge in [0.05, 0.1) is 11.0 Å². The fourth-order valence-electron chi connectivity index (χ4n) is 4.82. The van der Waals surface area contributed by atoms with E-state index in [1.54, 1.807) is 0 Å². The van der Waals surface area contributed by atoms with Crippen molar-refractivity contribution in [2.75, 3.05) is 0 Å². The number of fused-ring (bicyclic) bond motifs is 3. The summed E-state index contributed by atoms with van der Waals surface area (Å²) in [4.78, 5) is 0. The number of hydrogen-bond donors (Lipinski definition) is 0. The Balaban J connectivity index is 2.03. The molecule has 2 aromatic carbocycles. The first-order valence-corrected chi connectivity index (χ1v) is 9.76. The van der Waals surface area contributed by atoms with E-state index in [0.29, 0.717) is 0 Å². The van der Waals surface area contributed by atoms with Crippen molar-refractivity contribution in [3.63, 3.8) is 0 Å². The molecule has 1 aliphatic heterocycles. The van der Waals surface area contributed by atoms with Crippen LogP contribution in [0.5, 0.6) is 0 Å². The van der Waals surface area contributed by atoms with Crippen molar-refractivity contribution < 1.29 is 4.57 Å². The van der Waals surface area contributed by atoms with Crippen molar-refractivity contribution in [1.29, 1.82) is 0 Å². The summed E-state index contributed by atoms with van der Waals surface area (Å²) in [6.07, 6.45) is 4.48. The molecule has 0 amide bonds.